The van der Waals surface area contributed by atoms with Crippen LogP contribution >= 0.6 is 11.8 Å². The van der Waals surface area contributed by atoms with Crippen molar-refractivity contribution in [3.63, 3.8) is 0 Å². The molecule has 2 aromatic rings. The van der Waals surface area contributed by atoms with Crippen LogP contribution in [0.25, 0.3) is 11.3 Å². The Morgan fingerprint density at radius 3 is 2.85 bits per heavy atom. The van der Waals surface area contributed by atoms with E-state index in [1.165, 1.54) is 11.8 Å². The van der Waals surface area contributed by atoms with E-state index in [2.05, 4.69) is 40.5 Å². The van der Waals surface area contributed by atoms with Gasteiger partial charge in [-0.3, -0.25) is 0 Å². The van der Waals surface area contributed by atoms with Gasteiger partial charge in [0.2, 0.25) is 5.95 Å². The van der Waals surface area contributed by atoms with Gasteiger partial charge in [-0.05, 0) is 25.0 Å². The van der Waals surface area contributed by atoms with Crippen LogP contribution < -0.4 is 10.6 Å². The highest BCUT2D eigenvalue weighted by Crippen LogP contribution is 2.34. The molecule has 1 atom stereocenters. The molecule has 26 heavy (non-hydrogen) atoms. The van der Waals surface area contributed by atoms with E-state index in [-0.39, 0.29) is 0 Å². The fraction of sp³-hybridized carbons (Fsp3) is 0.250. The molecule has 132 valence electrons. The Hall–Kier alpha value is -2.78. The van der Waals surface area contributed by atoms with Crippen LogP contribution in [0.2, 0.25) is 0 Å². The number of nitriles is 1. The van der Waals surface area contributed by atoms with Crippen LogP contribution in [-0.4, -0.2) is 16.0 Å². The van der Waals surface area contributed by atoms with Gasteiger partial charge in [0.05, 0.1) is 16.4 Å². The predicted molar refractivity (Wildman–Crippen MR) is 108 cm³/mol. The number of anilines is 1. The quantitative estimate of drug-likeness (QED) is 0.731. The average molecular weight is 363 g/mol. The molecule has 0 amide bonds. The maximum Gasteiger partial charge on any atom is 0.223 e. The Balaban J connectivity index is 1.82. The van der Waals surface area contributed by atoms with Crippen LogP contribution in [0, 0.1) is 11.3 Å². The van der Waals surface area contributed by atoms with E-state index >= 15 is 0 Å². The zero-order chi connectivity index (χ0) is 18.4. The Morgan fingerprint density at radius 1 is 1.31 bits per heavy atom. The summed E-state index contributed by atoms with van der Waals surface area (Å²) in [5.74, 6) is 0.552. The Morgan fingerprint density at radius 2 is 2.12 bits per heavy atom. The summed E-state index contributed by atoms with van der Waals surface area (Å²) >= 11 is 1.50. The summed E-state index contributed by atoms with van der Waals surface area (Å²) in [6.45, 7) is 4.25. The highest BCUT2D eigenvalue weighted by atomic mass is 32.2. The summed E-state index contributed by atoms with van der Waals surface area (Å²) < 4.78 is 0. The molecule has 1 aliphatic heterocycles. The number of thioether (sulfide) groups is 1. The third kappa shape index (κ3) is 4.24. The molecule has 0 aliphatic carbocycles. The predicted octanol–water partition coefficient (Wildman–Crippen LogP) is 4.60. The summed E-state index contributed by atoms with van der Waals surface area (Å²) in [4.78, 5) is 8.80. The molecule has 0 fully saturated rings. The monoisotopic (exact) mass is 363 g/mol. The lowest BCUT2D eigenvalue weighted by molar-refractivity contribution is 0.683. The van der Waals surface area contributed by atoms with Crippen LogP contribution in [0.4, 0.5) is 5.95 Å². The van der Waals surface area contributed by atoms with Crippen molar-refractivity contribution in [1.29, 1.82) is 5.26 Å². The maximum absolute atomic E-state index is 9.69. The Labute approximate surface area is 158 Å². The van der Waals surface area contributed by atoms with Gasteiger partial charge in [-0.25, -0.2) is 9.97 Å². The second kappa shape index (κ2) is 8.54. The van der Waals surface area contributed by atoms with Crippen molar-refractivity contribution in [2.45, 2.75) is 32.7 Å². The van der Waals surface area contributed by atoms with E-state index in [1.807, 2.05) is 35.7 Å². The molecule has 3 rings (SSSR count). The number of nitrogens with zero attached hydrogens (tertiary/aromatic N) is 3. The summed E-state index contributed by atoms with van der Waals surface area (Å²) in [6, 6.07) is 14.4. The number of hydrogen-bond donors (Lipinski definition) is 2. The van der Waals surface area contributed by atoms with Crippen LogP contribution in [0.15, 0.2) is 53.0 Å². The number of nitrogens with one attached hydrogen (secondary N) is 2. The number of rotatable bonds is 6. The molecule has 1 aromatic heterocycles. The fourth-order valence-corrected chi connectivity index (χ4v) is 3.56. The summed E-state index contributed by atoms with van der Waals surface area (Å²) in [5.41, 5.74) is 3.21. The van der Waals surface area contributed by atoms with E-state index in [9.17, 15) is 5.26 Å². The number of hydrogen-bond acceptors (Lipinski definition) is 6. The minimum Gasteiger partial charge on any atom is -0.352 e. The second-order valence-electron chi connectivity index (χ2n) is 6.06. The molecule has 2 heterocycles. The first-order chi connectivity index (χ1) is 12.7. The minimum atomic E-state index is 0.291. The molecule has 6 heteroatoms. The van der Waals surface area contributed by atoms with E-state index in [0.29, 0.717) is 23.3 Å². The molecule has 0 saturated carbocycles. The lowest BCUT2D eigenvalue weighted by Crippen LogP contribution is -2.17. The summed E-state index contributed by atoms with van der Waals surface area (Å²) in [5, 5.41) is 19.1. The van der Waals surface area contributed by atoms with Gasteiger partial charge in [0.1, 0.15) is 11.6 Å². The normalized spacial score (nSPS) is 16.3. The standard InChI is InChI=1S/C20H21N5S/c1-3-7-14(2)23-20-22-11-10-17(25-20)16(12-21)19-24-18(13-26-19)15-8-5-4-6-9-15/h4-6,8-11,13-14,24H,3,7H2,1-2H3,(H,22,23,25). The fourth-order valence-electron chi connectivity index (χ4n) is 2.70. The number of allylic oxidation sites excluding steroid dienone is 1. The SMILES string of the molecule is CCCC(C)Nc1nccc(C(C#N)=C2NC(c3ccccc3)=CS2)n1. The molecule has 0 radical (unpaired) electrons. The third-order valence-electron chi connectivity index (χ3n) is 3.98. The van der Waals surface area contributed by atoms with Gasteiger partial charge in [0.25, 0.3) is 0 Å². The largest absolute Gasteiger partial charge is 0.352 e. The first-order valence-corrected chi connectivity index (χ1v) is 9.52. The van der Waals surface area contributed by atoms with Gasteiger partial charge in [-0.1, -0.05) is 55.4 Å². The number of benzene rings is 1. The minimum absolute atomic E-state index is 0.291. The maximum atomic E-state index is 9.69. The van der Waals surface area contributed by atoms with Crippen molar-refractivity contribution in [2.75, 3.05) is 5.32 Å². The van der Waals surface area contributed by atoms with Crippen LogP contribution in [0.3, 0.4) is 0 Å². The molecule has 0 saturated heterocycles. The van der Waals surface area contributed by atoms with Gasteiger partial charge in [-0.15, -0.1) is 0 Å². The molecular formula is C20H21N5S. The highest BCUT2D eigenvalue weighted by Gasteiger charge is 2.18. The molecule has 0 spiro atoms. The highest BCUT2D eigenvalue weighted by molar-refractivity contribution is 8.06. The van der Waals surface area contributed by atoms with Gasteiger partial charge in [-0.2, -0.15) is 5.26 Å². The average Bonchev–Trinajstić information content (AvgIpc) is 3.13. The van der Waals surface area contributed by atoms with Gasteiger partial charge < -0.3 is 10.6 Å². The van der Waals surface area contributed by atoms with Crippen molar-refractivity contribution in [3.8, 4) is 6.07 Å². The zero-order valence-electron chi connectivity index (χ0n) is 14.9. The summed E-state index contributed by atoms with van der Waals surface area (Å²) in [7, 11) is 0. The third-order valence-corrected chi connectivity index (χ3v) is 4.87. The van der Waals surface area contributed by atoms with Gasteiger partial charge in [0, 0.05) is 17.6 Å². The van der Waals surface area contributed by atoms with Crippen molar-refractivity contribution in [3.05, 3.63) is 64.3 Å². The van der Waals surface area contributed by atoms with E-state index in [4.69, 9.17) is 0 Å². The summed E-state index contributed by atoms with van der Waals surface area (Å²) in [6.07, 6.45) is 3.82. The van der Waals surface area contributed by atoms with Crippen molar-refractivity contribution in [1.82, 2.24) is 15.3 Å². The molecule has 1 unspecified atom stereocenters. The lowest BCUT2D eigenvalue weighted by atomic mass is 10.1. The topological polar surface area (TPSA) is 73.6 Å². The Kier molecular flexibility index (Phi) is 5.92. The lowest BCUT2D eigenvalue weighted by Gasteiger charge is -2.13. The van der Waals surface area contributed by atoms with E-state index < -0.39 is 0 Å². The van der Waals surface area contributed by atoms with E-state index in [0.717, 1.165) is 29.1 Å². The van der Waals surface area contributed by atoms with Crippen LogP contribution in [0.5, 0.6) is 0 Å². The molecule has 0 bridgehead atoms. The zero-order valence-corrected chi connectivity index (χ0v) is 15.7. The van der Waals surface area contributed by atoms with Crippen molar-refractivity contribution < 1.29 is 0 Å². The molecular weight excluding hydrogens is 342 g/mol. The molecule has 1 aromatic carbocycles. The van der Waals surface area contributed by atoms with Crippen LogP contribution in [0.1, 0.15) is 37.9 Å². The van der Waals surface area contributed by atoms with Gasteiger partial charge in [0.15, 0.2) is 0 Å². The van der Waals surface area contributed by atoms with Crippen molar-refractivity contribution in [2.24, 2.45) is 0 Å². The van der Waals surface area contributed by atoms with Crippen LogP contribution in [-0.2, 0) is 0 Å². The molecule has 1 aliphatic rings. The Bertz CT molecular complexity index is 867. The molecule has 2 N–H and O–H groups in total. The molecule has 5 nitrogen and oxygen atoms in total. The van der Waals surface area contributed by atoms with Crippen molar-refractivity contribution >= 4 is 29.0 Å². The second-order valence-corrected chi connectivity index (χ2v) is 6.94. The first kappa shape index (κ1) is 18.0. The smallest absolute Gasteiger partial charge is 0.223 e. The number of aromatic nitrogens is 2. The van der Waals surface area contributed by atoms with E-state index in [1.54, 1.807) is 12.3 Å². The van der Waals surface area contributed by atoms with Gasteiger partial charge >= 0.3 is 0 Å². The first-order valence-electron chi connectivity index (χ1n) is 8.65.